The fourth-order valence-electron chi connectivity index (χ4n) is 3.69. The number of urea groups is 1. The number of halogens is 1. The summed E-state index contributed by atoms with van der Waals surface area (Å²) in [6.45, 7) is 1.85. The quantitative estimate of drug-likeness (QED) is 0.704. The molecule has 2 aromatic carbocycles. The van der Waals surface area contributed by atoms with Crippen LogP contribution in [-0.4, -0.2) is 28.3 Å². The molecule has 2 N–H and O–H groups in total. The summed E-state index contributed by atoms with van der Waals surface area (Å²) in [6.07, 6.45) is 2.22. The van der Waals surface area contributed by atoms with Gasteiger partial charge in [0.05, 0.1) is 33.1 Å². The van der Waals surface area contributed by atoms with Gasteiger partial charge in [-0.15, -0.1) is 0 Å². The van der Waals surface area contributed by atoms with Crippen LogP contribution in [0.2, 0.25) is 5.02 Å². The summed E-state index contributed by atoms with van der Waals surface area (Å²) in [5.41, 5.74) is 3.63. The zero-order chi connectivity index (χ0) is 19.8. The fourth-order valence-corrected chi connectivity index (χ4v) is 3.88. The molecule has 2 amide bonds. The van der Waals surface area contributed by atoms with Gasteiger partial charge in [-0.1, -0.05) is 23.7 Å². The number of amides is 2. The standard InChI is InChI=1S/C20H22ClN5O2/c1-24-17-11-15(23-19(27)22-14-8-4-3-7-13(14)21)16(26-9-5-6-10-26)12-18(17)25(2)20(24)28/h3-4,7-8,11-12H,5-6,9-10H2,1-2H3,(H2,22,23,27). The predicted molar refractivity (Wildman–Crippen MR) is 114 cm³/mol. The number of aryl methyl sites for hydroxylation is 2. The average Bonchev–Trinajstić information content (AvgIpc) is 3.28. The molecule has 1 aliphatic rings. The molecule has 0 saturated carbocycles. The third kappa shape index (κ3) is 3.22. The molecule has 1 aromatic heterocycles. The highest BCUT2D eigenvalue weighted by atomic mass is 35.5. The molecular formula is C20H22ClN5O2. The van der Waals surface area contributed by atoms with Gasteiger partial charge in [-0.3, -0.25) is 9.13 Å². The van der Waals surface area contributed by atoms with E-state index in [1.165, 1.54) is 0 Å². The van der Waals surface area contributed by atoms with Crippen LogP contribution in [0, 0.1) is 0 Å². The molecule has 28 heavy (non-hydrogen) atoms. The molecule has 1 fully saturated rings. The molecule has 2 heterocycles. The van der Waals surface area contributed by atoms with Crippen LogP contribution in [0.25, 0.3) is 11.0 Å². The van der Waals surface area contributed by atoms with Gasteiger partial charge in [-0.05, 0) is 37.1 Å². The molecule has 0 spiro atoms. The number of carbonyl (C=O) groups is 1. The molecule has 4 rings (SSSR count). The Labute approximate surface area is 167 Å². The second-order valence-electron chi connectivity index (χ2n) is 7.01. The molecule has 8 heteroatoms. The van der Waals surface area contributed by atoms with Crippen LogP contribution in [0.3, 0.4) is 0 Å². The van der Waals surface area contributed by atoms with Gasteiger partial charge in [-0.2, -0.15) is 0 Å². The maximum absolute atomic E-state index is 12.6. The lowest BCUT2D eigenvalue weighted by molar-refractivity contribution is 0.262. The van der Waals surface area contributed by atoms with Crippen molar-refractivity contribution in [3.05, 3.63) is 51.9 Å². The maximum atomic E-state index is 12.6. The predicted octanol–water partition coefficient (Wildman–Crippen LogP) is 3.77. The number of carbonyl (C=O) groups excluding carboxylic acids is 1. The van der Waals surface area contributed by atoms with Crippen LogP contribution >= 0.6 is 11.6 Å². The van der Waals surface area contributed by atoms with E-state index in [2.05, 4.69) is 15.5 Å². The number of benzene rings is 2. The minimum atomic E-state index is -0.381. The monoisotopic (exact) mass is 399 g/mol. The van der Waals surface area contributed by atoms with Gasteiger partial charge < -0.3 is 15.5 Å². The first-order valence-electron chi connectivity index (χ1n) is 9.22. The van der Waals surface area contributed by atoms with Gasteiger partial charge in [0.15, 0.2) is 0 Å². The van der Waals surface area contributed by atoms with Crippen molar-refractivity contribution in [3.8, 4) is 0 Å². The van der Waals surface area contributed by atoms with E-state index in [1.807, 2.05) is 18.2 Å². The Morgan fingerprint density at radius 2 is 1.57 bits per heavy atom. The zero-order valence-electron chi connectivity index (χ0n) is 15.8. The fraction of sp³-hybridized carbons (Fsp3) is 0.300. The first-order chi connectivity index (χ1) is 13.5. The van der Waals surface area contributed by atoms with Crippen LogP contribution in [0.15, 0.2) is 41.2 Å². The van der Waals surface area contributed by atoms with Crippen molar-refractivity contribution >= 4 is 45.7 Å². The van der Waals surface area contributed by atoms with Crippen molar-refractivity contribution in [1.29, 1.82) is 0 Å². The largest absolute Gasteiger partial charge is 0.370 e. The van der Waals surface area contributed by atoms with E-state index in [4.69, 9.17) is 11.6 Å². The van der Waals surface area contributed by atoms with Crippen LogP contribution in [0.5, 0.6) is 0 Å². The van der Waals surface area contributed by atoms with Crippen LogP contribution in [-0.2, 0) is 14.1 Å². The molecule has 7 nitrogen and oxygen atoms in total. The number of aromatic nitrogens is 2. The summed E-state index contributed by atoms with van der Waals surface area (Å²) in [5, 5.41) is 6.19. The Morgan fingerprint density at radius 1 is 0.964 bits per heavy atom. The number of nitrogens with zero attached hydrogens (tertiary/aromatic N) is 3. The van der Waals surface area contributed by atoms with Crippen LogP contribution in [0.4, 0.5) is 21.9 Å². The van der Waals surface area contributed by atoms with Gasteiger partial charge in [0.2, 0.25) is 0 Å². The SMILES string of the molecule is Cn1c(=O)n(C)c2cc(N3CCCC3)c(NC(=O)Nc3ccccc3Cl)cc21. The average molecular weight is 400 g/mol. The summed E-state index contributed by atoms with van der Waals surface area (Å²) in [5.74, 6) is 0. The highest BCUT2D eigenvalue weighted by molar-refractivity contribution is 6.33. The molecule has 1 aliphatic heterocycles. The van der Waals surface area contributed by atoms with E-state index in [0.717, 1.165) is 42.7 Å². The van der Waals surface area contributed by atoms with Crippen molar-refractivity contribution < 1.29 is 4.79 Å². The second kappa shape index (κ2) is 7.24. The lowest BCUT2D eigenvalue weighted by Crippen LogP contribution is -2.24. The lowest BCUT2D eigenvalue weighted by Gasteiger charge is -2.22. The van der Waals surface area contributed by atoms with Crippen molar-refractivity contribution in [2.75, 3.05) is 28.6 Å². The summed E-state index contributed by atoms with van der Waals surface area (Å²) < 4.78 is 3.21. The van der Waals surface area contributed by atoms with Gasteiger partial charge in [0, 0.05) is 27.2 Å². The minimum Gasteiger partial charge on any atom is -0.370 e. The number of para-hydroxylation sites is 1. The number of hydrogen-bond donors (Lipinski definition) is 2. The van der Waals surface area contributed by atoms with E-state index in [9.17, 15) is 9.59 Å². The normalized spacial score (nSPS) is 13.9. The minimum absolute atomic E-state index is 0.0972. The van der Waals surface area contributed by atoms with E-state index in [0.29, 0.717) is 16.4 Å². The molecule has 0 atom stereocenters. The number of rotatable bonds is 3. The van der Waals surface area contributed by atoms with Gasteiger partial charge in [0.1, 0.15) is 0 Å². The molecule has 3 aromatic rings. The Hall–Kier alpha value is -2.93. The number of nitrogens with one attached hydrogen (secondary N) is 2. The third-order valence-electron chi connectivity index (χ3n) is 5.21. The molecule has 0 bridgehead atoms. The highest BCUT2D eigenvalue weighted by Gasteiger charge is 2.20. The number of hydrogen-bond acceptors (Lipinski definition) is 3. The Morgan fingerprint density at radius 3 is 2.25 bits per heavy atom. The van der Waals surface area contributed by atoms with Crippen molar-refractivity contribution in [2.45, 2.75) is 12.8 Å². The van der Waals surface area contributed by atoms with E-state index in [-0.39, 0.29) is 11.7 Å². The summed E-state index contributed by atoms with van der Waals surface area (Å²) in [6, 6.07) is 10.5. The topological polar surface area (TPSA) is 71.3 Å². The van der Waals surface area contributed by atoms with Gasteiger partial charge in [-0.25, -0.2) is 9.59 Å². The first-order valence-corrected chi connectivity index (χ1v) is 9.60. The van der Waals surface area contributed by atoms with Crippen molar-refractivity contribution in [3.63, 3.8) is 0 Å². The van der Waals surface area contributed by atoms with E-state index in [1.54, 1.807) is 41.4 Å². The smallest absolute Gasteiger partial charge is 0.328 e. The second-order valence-corrected chi connectivity index (χ2v) is 7.42. The number of fused-ring (bicyclic) bond motifs is 1. The Kier molecular flexibility index (Phi) is 4.77. The highest BCUT2D eigenvalue weighted by Crippen LogP contribution is 2.33. The maximum Gasteiger partial charge on any atom is 0.328 e. The van der Waals surface area contributed by atoms with E-state index < -0.39 is 0 Å². The molecular weight excluding hydrogens is 378 g/mol. The Balaban J connectivity index is 1.72. The van der Waals surface area contributed by atoms with Crippen molar-refractivity contribution in [2.24, 2.45) is 14.1 Å². The van der Waals surface area contributed by atoms with Crippen molar-refractivity contribution in [1.82, 2.24) is 9.13 Å². The van der Waals surface area contributed by atoms with Gasteiger partial charge in [0.25, 0.3) is 0 Å². The first kappa shape index (κ1) is 18.4. The number of anilines is 3. The Bertz CT molecular complexity index is 1110. The lowest BCUT2D eigenvalue weighted by atomic mass is 10.2. The van der Waals surface area contributed by atoms with Crippen LogP contribution < -0.4 is 21.2 Å². The molecule has 0 aliphatic carbocycles. The summed E-state index contributed by atoms with van der Waals surface area (Å²) >= 11 is 6.13. The molecule has 0 radical (unpaired) electrons. The van der Waals surface area contributed by atoms with E-state index >= 15 is 0 Å². The molecule has 0 unspecified atom stereocenters. The number of imidazole rings is 1. The van der Waals surface area contributed by atoms with Gasteiger partial charge >= 0.3 is 11.7 Å². The molecule has 146 valence electrons. The summed E-state index contributed by atoms with van der Waals surface area (Å²) in [4.78, 5) is 27.2. The molecule has 1 saturated heterocycles. The zero-order valence-corrected chi connectivity index (χ0v) is 16.6. The third-order valence-corrected chi connectivity index (χ3v) is 5.54. The van der Waals surface area contributed by atoms with Crippen LogP contribution in [0.1, 0.15) is 12.8 Å². The summed E-state index contributed by atoms with van der Waals surface area (Å²) in [7, 11) is 3.49.